The minimum Gasteiger partial charge on any atom is -0.218 e. The molecule has 7 heteroatoms. The monoisotopic (exact) mass is 306 g/mol. The Morgan fingerprint density at radius 3 is 1.35 bits per heavy atom. The minimum atomic E-state index is -4.52. The van der Waals surface area contributed by atoms with E-state index in [0.29, 0.717) is 24.3 Å². The summed E-state index contributed by atoms with van der Waals surface area (Å²) in [5.41, 5.74) is 0. The van der Waals surface area contributed by atoms with E-state index in [0.717, 1.165) is 12.1 Å². The van der Waals surface area contributed by atoms with E-state index < -0.39 is 42.9 Å². The molecular weight excluding hydrogens is 296 g/mol. The summed E-state index contributed by atoms with van der Waals surface area (Å²) in [5.74, 6) is -4.61. The van der Waals surface area contributed by atoms with Crippen LogP contribution in [0, 0.1) is 23.3 Å². The highest BCUT2D eigenvalue weighted by Crippen LogP contribution is 2.26. The molecule has 2 nitrogen and oxygen atoms in total. The van der Waals surface area contributed by atoms with Crippen LogP contribution in [0.2, 0.25) is 0 Å². The van der Waals surface area contributed by atoms with E-state index in [1.54, 1.807) is 0 Å². The number of hydrogen-bond acceptors (Lipinski definition) is 2. The Morgan fingerprint density at radius 2 is 1.05 bits per heavy atom. The second kappa shape index (κ2) is 5.62. The van der Waals surface area contributed by atoms with Crippen LogP contribution in [0.15, 0.2) is 46.2 Å². The van der Waals surface area contributed by atoms with Crippen molar-refractivity contribution in [2.45, 2.75) is 17.2 Å². The van der Waals surface area contributed by atoms with Crippen LogP contribution in [-0.2, 0) is 9.84 Å². The van der Waals surface area contributed by atoms with E-state index in [4.69, 9.17) is 0 Å². The zero-order valence-electron chi connectivity index (χ0n) is 9.20. The first-order chi connectivity index (χ1) is 8.82. The number of benzene rings is 2. The molecule has 0 aliphatic heterocycles. The van der Waals surface area contributed by atoms with Gasteiger partial charge in [0.2, 0.25) is 9.84 Å². The molecule has 0 N–H and O–H groups in total. The Morgan fingerprint density at radius 1 is 0.700 bits per heavy atom. The van der Waals surface area contributed by atoms with Crippen LogP contribution in [0.25, 0.3) is 0 Å². The zero-order valence-corrected chi connectivity index (χ0v) is 10.0. The van der Waals surface area contributed by atoms with Gasteiger partial charge in [-0.2, -0.15) is 0 Å². The molecule has 2 aromatic rings. The first-order valence-electron chi connectivity index (χ1n) is 4.97. The highest BCUT2D eigenvalue weighted by molar-refractivity contribution is 7.91. The summed E-state index contributed by atoms with van der Waals surface area (Å²) >= 11 is 0. The molecule has 0 amide bonds. The third-order valence-electron chi connectivity index (χ3n) is 2.37. The van der Waals surface area contributed by atoms with E-state index in [2.05, 4.69) is 0 Å². The molecule has 0 saturated carbocycles. The van der Waals surface area contributed by atoms with Gasteiger partial charge in [-0.3, -0.25) is 0 Å². The van der Waals surface area contributed by atoms with Crippen LogP contribution in [0.4, 0.5) is 17.6 Å². The topological polar surface area (TPSA) is 34.1 Å². The molecule has 0 spiro atoms. The zero-order chi connectivity index (χ0) is 14.2. The first-order valence-corrected chi connectivity index (χ1v) is 6.46. The Labute approximate surface area is 113 Å². The molecule has 0 atom stereocenters. The normalized spacial score (nSPS) is 11.0. The quantitative estimate of drug-likeness (QED) is 0.626. The van der Waals surface area contributed by atoms with Crippen molar-refractivity contribution in [1.29, 1.82) is 0 Å². The highest BCUT2D eigenvalue weighted by atomic mass is 32.2. The fraction of sp³-hybridized carbons (Fsp3) is 0.0769. The molecule has 0 aliphatic rings. The maximum atomic E-state index is 13.4. The predicted molar refractivity (Wildman–Crippen MR) is 64.9 cm³/mol. The summed E-state index contributed by atoms with van der Waals surface area (Å²) in [6.45, 7) is 0. The van der Waals surface area contributed by atoms with Crippen molar-refractivity contribution in [3.8, 4) is 0 Å². The summed E-state index contributed by atoms with van der Waals surface area (Å²) in [5, 5.41) is 0. The van der Waals surface area contributed by atoms with E-state index in [9.17, 15) is 26.0 Å². The van der Waals surface area contributed by atoms with Gasteiger partial charge in [-0.25, -0.2) is 26.0 Å². The fourth-order valence-electron chi connectivity index (χ4n) is 1.50. The van der Waals surface area contributed by atoms with Crippen molar-refractivity contribution in [2.75, 3.05) is 0 Å². The smallest absolute Gasteiger partial charge is 0.212 e. The predicted octanol–water partition coefficient (Wildman–Crippen LogP) is 3.71. The number of halogens is 4. The van der Waals surface area contributed by atoms with E-state index in [-0.39, 0.29) is 7.43 Å². The van der Waals surface area contributed by atoms with Crippen molar-refractivity contribution in [2.24, 2.45) is 0 Å². The van der Waals surface area contributed by atoms with Crippen LogP contribution < -0.4 is 0 Å². The molecule has 0 aliphatic carbocycles. The maximum absolute atomic E-state index is 13.4. The Balaban J connectivity index is 0.00000200. The first kappa shape index (κ1) is 16.2. The number of sulfone groups is 1. The van der Waals surface area contributed by atoms with E-state index >= 15 is 0 Å². The van der Waals surface area contributed by atoms with Crippen LogP contribution >= 0.6 is 0 Å². The van der Waals surface area contributed by atoms with Gasteiger partial charge in [-0.15, -0.1) is 0 Å². The molecule has 0 radical (unpaired) electrons. The molecule has 0 saturated heterocycles. The molecule has 0 aromatic heterocycles. The van der Waals surface area contributed by atoms with E-state index in [1.165, 1.54) is 0 Å². The fourth-order valence-corrected chi connectivity index (χ4v) is 2.87. The lowest BCUT2D eigenvalue weighted by Crippen LogP contribution is -2.07. The molecule has 0 unspecified atom stereocenters. The Kier molecular flexibility index (Phi) is 4.54. The van der Waals surface area contributed by atoms with Gasteiger partial charge >= 0.3 is 0 Å². The third kappa shape index (κ3) is 2.82. The van der Waals surface area contributed by atoms with Gasteiger partial charge in [-0.05, 0) is 24.3 Å². The second-order valence-electron chi connectivity index (χ2n) is 3.65. The lowest BCUT2D eigenvalue weighted by Gasteiger charge is -2.07. The van der Waals surface area contributed by atoms with Gasteiger partial charge in [0.15, 0.2) is 0 Å². The van der Waals surface area contributed by atoms with Crippen molar-refractivity contribution in [3.63, 3.8) is 0 Å². The van der Waals surface area contributed by atoms with Gasteiger partial charge in [0.25, 0.3) is 0 Å². The van der Waals surface area contributed by atoms with Gasteiger partial charge < -0.3 is 0 Å². The summed E-state index contributed by atoms with van der Waals surface area (Å²) in [4.78, 5) is -1.75. The molecule has 0 bridgehead atoms. The van der Waals surface area contributed by atoms with Gasteiger partial charge in [0, 0.05) is 12.1 Å². The van der Waals surface area contributed by atoms with Crippen molar-refractivity contribution in [3.05, 3.63) is 59.7 Å². The van der Waals surface area contributed by atoms with Crippen LogP contribution in [0.5, 0.6) is 0 Å². The van der Waals surface area contributed by atoms with Crippen molar-refractivity contribution in [1.82, 2.24) is 0 Å². The standard InChI is InChI=1S/C12H6F4O2S.CH4/c13-7-1-3-11(9(15)5-7)19(17,18)12-4-2-8(14)6-10(12)16;/h1-6H;1H4. The number of rotatable bonds is 2. The molecule has 20 heavy (non-hydrogen) atoms. The molecule has 0 fully saturated rings. The lowest BCUT2D eigenvalue weighted by molar-refractivity contribution is 0.536. The molecule has 2 rings (SSSR count). The average molecular weight is 306 g/mol. The van der Waals surface area contributed by atoms with Crippen molar-refractivity contribution >= 4 is 9.84 Å². The summed E-state index contributed by atoms with van der Waals surface area (Å²) < 4.78 is 76.2. The van der Waals surface area contributed by atoms with E-state index in [1.807, 2.05) is 0 Å². The van der Waals surface area contributed by atoms with Gasteiger partial charge in [-0.1, -0.05) is 7.43 Å². The molecular formula is C13H10F4O2S. The molecule has 2 aromatic carbocycles. The molecule has 0 heterocycles. The maximum Gasteiger partial charge on any atom is 0.212 e. The highest BCUT2D eigenvalue weighted by Gasteiger charge is 2.25. The minimum absolute atomic E-state index is 0. The Hall–Kier alpha value is -1.89. The number of hydrogen-bond donors (Lipinski definition) is 0. The van der Waals surface area contributed by atoms with Crippen molar-refractivity contribution < 1.29 is 26.0 Å². The largest absolute Gasteiger partial charge is 0.218 e. The van der Waals surface area contributed by atoms with Gasteiger partial charge in [0.1, 0.15) is 33.1 Å². The summed E-state index contributed by atoms with van der Waals surface area (Å²) in [6.07, 6.45) is 0. The lowest BCUT2D eigenvalue weighted by atomic mass is 10.3. The van der Waals surface area contributed by atoms with Crippen LogP contribution in [-0.4, -0.2) is 8.42 Å². The SMILES string of the molecule is C.O=S(=O)(c1ccc(F)cc1F)c1ccc(F)cc1F. The van der Waals surface area contributed by atoms with Crippen LogP contribution in [0.1, 0.15) is 7.43 Å². The van der Waals surface area contributed by atoms with Crippen LogP contribution in [0.3, 0.4) is 0 Å². The molecule has 108 valence electrons. The summed E-state index contributed by atoms with van der Waals surface area (Å²) in [6, 6.07) is 3.57. The second-order valence-corrected chi connectivity index (χ2v) is 5.54. The summed E-state index contributed by atoms with van der Waals surface area (Å²) in [7, 11) is -4.52. The average Bonchev–Trinajstić information content (AvgIpc) is 2.27. The Bertz CT molecular complexity index is 685. The third-order valence-corrected chi connectivity index (χ3v) is 4.19. The van der Waals surface area contributed by atoms with Gasteiger partial charge in [0.05, 0.1) is 0 Å².